The van der Waals surface area contributed by atoms with E-state index in [2.05, 4.69) is 184 Å². The molecule has 11 rings (SSSR count). The predicted octanol–water partition coefficient (Wildman–Crippen LogP) is 12.2. The minimum absolute atomic E-state index is 0.882. The third-order valence-electron chi connectivity index (χ3n) is 10.8. The summed E-state index contributed by atoms with van der Waals surface area (Å²) in [7, 11) is 0. The van der Waals surface area contributed by atoms with Gasteiger partial charge in [-0.1, -0.05) is 133 Å². The average Bonchev–Trinajstić information content (AvgIpc) is 3.87. The first-order chi connectivity index (χ1) is 25.3. The fraction of sp³-hybridized carbons (Fsp3) is 0.0426. The van der Waals surface area contributed by atoms with Crippen molar-refractivity contribution in [3.63, 3.8) is 0 Å². The number of imidazole rings is 1. The van der Waals surface area contributed by atoms with Gasteiger partial charge in [0.15, 0.2) is 0 Å². The summed E-state index contributed by atoms with van der Waals surface area (Å²) in [5.41, 5.74) is 10.4. The SMILES string of the molecule is CCn1c2ccccc2c2ccc3c4ccccc4n(-c4cccc(-n5c(-c6ccccc6)nc6c7ccccc7c7ccccc7c65)c4)c3c21. The van der Waals surface area contributed by atoms with Crippen molar-refractivity contribution < 1.29 is 0 Å². The highest BCUT2D eigenvalue weighted by molar-refractivity contribution is 6.25. The quantitative estimate of drug-likeness (QED) is 0.174. The Morgan fingerprint density at radius 1 is 0.412 bits per heavy atom. The first-order valence-corrected chi connectivity index (χ1v) is 17.7. The highest BCUT2D eigenvalue weighted by Gasteiger charge is 2.23. The Hall–Kier alpha value is -6.65. The van der Waals surface area contributed by atoms with E-state index in [1.54, 1.807) is 0 Å². The largest absolute Gasteiger partial charge is 0.339 e. The maximum atomic E-state index is 5.47. The van der Waals surface area contributed by atoms with Crippen LogP contribution in [-0.4, -0.2) is 18.7 Å². The fourth-order valence-electron chi connectivity index (χ4n) is 8.69. The summed E-state index contributed by atoms with van der Waals surface area (Å²) in [6, 6.07) is 59.3. The molecule has 0 aliphatic rings. The van der Waals surface area contributed by atoms with Crippen LogP contribution >= 0.6 is 0 Å². The predicted molar refractivity (Wildman–Crippen MR) is 215 cm³/mol. The van der Waals surface area contributed by atoms with Gasteiger partial charge in [-0.05, 0) is 48.0 Å². The normalized spacial score (nSPS) is 12.1. The van der Waals surface area contributed by atoms with Crippen LogP contribution in [0.1, 0.15) is 6.92 Å². The van der Waals surface area contributed by atoms with Crippen LogP contribution in [0.25, 0.3) is 99.0 Å². The number of aryl methyl sites for hydroxylation is 1. The molecule has 0 atom stereocenters. The molecule has 0 aliphatic carbocycles. The van der Waals surface area contributed by atoms with Gasteiger partial charge in [-0.2, -0.15) is 0 Å². The Kier molecular flexibility index (Phi) is 5.90. The summed E-state index contributed by atoms with van der Waals surface area (Å²) >= 11 is 0. The van der Waals surface area contributed by atoms with E-state index in [0.717, 1.165) is 45.7 Å². The number of hydrogen-bond donors (Lipinski definition) is 0. The van der Waals surface area contributed by atoms with Crippen LogP contribution in [0.2, 0.25) is 0 Å². The zero-order chi connectivity index (χ0) is 33.6. The number of nitrogens with zero attached hydrogens (tertiary/aromatic N) is 4. The molecule has 8 aromatic carbocycles. The van der Waals surface area contributed by atoms with Crippen LogP contribution in [0.4, 0.5) is 0 Å². The van der Waals surface area contributed by atoms with Gasteiger partial charge < -0.3 is 9.13 Å². The highest BCUT2D eigenvalue weighted by atomic mass is 15.1. The van der Waals surface area contributed by atoms with Gasteiger partial charge in [0, 0.05) is 61.3 Å². The maximum absolute atomic E-state index is 5.47. The van der Waals surface area contributed by atoms with Crippen molar-refractivity contribution >= 4 is 76.2 Å². The van der Waals surface area contributed by atoms with E-state index in [-0.39, 0.29) is 0 Å². The van der Waals surface area contributed by atoms with E-state index in [1.165, 1.54) is 59.8 Å². The summed E-state index contributed by atoms with van der Waals surface area (Å²) in [6.07, 6.45) is 0. The second-order valence-electron chi connectivity index (χ2n) is 13.4. The average molecular weight is 653 g/mol. The minimum Gasteiger partial charge on any atom is -0.339 e. The highest BCUT2D eigenvalue weighted by Crippen LogP contribution is 2.42. The lowest BCUT2D eigenvalue weighted by atomic mass is 10.00. The summed E-state index contributed by atoms with van der Waals surface area (Å²) in [5.74, 6) is 0.931. The molecule has 3 heterocycles. The Balaban J connectivity index is 1.28. The number of benzene rings is 8. The Morgan fingerprint density at radius 2 is 0.941 bits per heavy atom. The Labute approximate surface area is 294 Å². The molecule has 11 aromatic rings. The van der Waals surface area contributed by atoms with Gasteiger partial charge in [-0.15, -0.1) is 0 Å². The van der Waals surface area contributed by atoms with Crippen molar-refractivity contribution in [3.05, 3.63) is 164 Å². The molecule has 4 nitrogen and oxygen atoms in total. The zero-order valence-corrected chi connectivity index (χ0v) is 28.1. The van der Waals surface area contributed by atoms with Crippen LogP contribution < -0.4 is 0 Å². The molecule has 0 saturated carbocycles. The van der Waals surface area contributed by atoms with Gasteiger partial charge in [0.1, 0.15) is 5.82 Å². The van der Waals surface area contributed by atoms with Crippen LogP contribution in [-0.2, 0) is 6.54 Å². The second kappa shape index (κ2) is 10.7. The van der Waals surface area contributed by atoms with E-state index in [0.29, 0.717) is 0 Å². The van der Waals surface area contributed by atoms with Crippen molar-refractivity contribution in [1.29, 1.82) is 0 Å². The molecule has 0 amide bonds. The van der Waals surface area contributed by atoms with Crippen LogP contribution in [0, 0.1) is 0 Å². The van der Waals surface area contributed by atoms with Gasteiger partial charge in [0.25, 0.3) is 0 Å². The number of para-hydroxylation sites is 2. The second-order valence-corrected chi connectivity index (χ2v) is 13.4. The molecular formula is C47H32N4. The zero-order valence-electron chi connectivity index (χ0n) is 28.1. The van der Waals surface area contributed by atoms with Gasteiger partial charge in [-0.3, -0.25) is 4.57 Å². The molecule has 0 bridgehead atoms. The van der Waals surface area contributed by atoms with E-state index in [1.807, 2.05) is 0 Å². The Bertz CT molecular complexity index is 3180. The molecule has 3 aromatic heterocycles. The molecule has 51 heavy (non-hydrogen) atoms. The summed E-state index contributed by atoms with van der Waals surface area (Å²) < 4.78 is 7.35. The lowest BCUT2D eigenvalue weighted by molar-refractivity contribution is 0.828. The molecule has 0 spiro atoms. The van der Waals surface area contributed by atoms with Crippen LogP contribution in [0.15, 0.2) is 164 Å². The van der Waals surface area contributed by atoms with E-state index < -0.39 is 0 Å². The van der Waals surface area contributed by atoms with E-state index >= 15 is 0 Å². The summed E-state index contributed by atoms with van der Waals surface area (Å²) in [6.45, 7) is 3.13. The third kappa shape index (κ3) is 3.87. The first kappa shape index (κ1) is 28.2. The molecule has 0 fully saturated rings. The lowest BCUT2D eigenvalue weighted by Crippen LogP contribution is -2.02. The smallest absolute Gasteiger partial charge is 0.145 e. The summed E-state index contributed by atoms with van der Waals surface area (Å²) in [4.78, 5) is 5.47. The molecule has 0 N–H and O–H groups in total. The third-order valence-corrected chi connectivity index (χ3v) is 10.8. The molecule has 0 unspecified atom stereocenters. The van der Waals surface area contributed by atoms with Crippen molar-refractivity contribution in [1.82, 2.24) is 18.7 Å². The standard InChI is InChI=1S/C47H32N4/c1-2-49-41-25-12-10-21-35(41)39-27-28-40-36-22-11-13-26-42(36)50(46(40)45(39)49)31-17-14-18-32(29-31)51-44-38-24-9-7-20-34(38)33-19-6-8-23-37(33)43(44)48-47(51)30-15-4-3-5-16-30/h3-29H,2H2,1H3. The molecule has 4 heteroatoms. The van der Waals surface area contributed by atoms with E-state index in [4.69, 9.17) is 4.98 Å². The monoisotopic (exact) mass is 652 g/mol. The fourth-order valence-corrected chi connectivity index (χ4v) is 8.69. The van der Waals surface area contributed by atoms with Crippen molar-refractivity contribution in [2.75, 3.05) is 0 Å². The molecule has 0 radical (unpaired) electrons. The lowest BCUT2D eigenvalue weighted by Gasteiger charge is -2.15. The maximum Gasteiger partial charge on any atom is 0.145 e. The van der Waals surface area contributed by atoms with Crippen LogP contribution in [0.3, 0.4) is 0 Å². The van der Waals surface area contributed by atoms with Gasteiger partial charge in [-0.25, -0.2) is 4.98 Å². The van der Waals surface area contributed by atoms with E-state index in [9.17, 15) is 0 Å². The number of hydrogen-bond acceptors (Lipinski definition) is 1. The minimum atomic E-state index is 0.882. The van der Waals surface area contributed by atoms with Gasteiger partial charge in [0.2, 0.25) is 0 Å². The molecule has 0 saturated heterocycles. The van der Waals surface area contributed by atoms with Gasteiger partial charge >= 0.3 is 0 Å². The van der Waals surface area contributed by atoms with Gasteiger partial charge in [0.05, 0.1) is 27.6 Å². The first-order valence-electron chi connectivity index (χ1n) is 17.7. The molecular weight excluding hydrogens is 621 g/mol. The molecule has 0 aliphatic heterocycles. The summed E-state index contributed by atoms with van der Waals surface area (Å²) in [5, 5.41) is 9.89. The number of fused-ring (bicyclic) bond motifs is 13. The van der Waals surface area contributed by atoms with Crippen molar-refractivity contribution in [2.45, 2.75) is 13.5 Å². The molecule has 240 valence electrons. The Morgan fingerprint density at radius 3 is 1.67 bits per heavy atom. The number of rotatable bonds is 4. The van der Waals surface area contributed by atoms with Crippen molar-refractivity contribution in [3.8, 4) is 22.8 Å². The number of aromatic nitrogens is 4. The topological polar surface area (TPSA) is 27.7 Å². The van der Waals surface area contributed by atoms with Crippen molar-refractivity contribution in [2.24, 2.45) is 0 Å². The van der Waals surface area contributed by atoms with Crippen LogP contribution in [0.5, 0.6) is 0 Å².